The molecule has 0 radical (unpaired) electrons. The molecule has 0 bridgehead atoms. The summed E-state index contributed by atoms with van der Waals surface area (Å²) in [5.41, 5.74) is 2.73. The third kappa shape index (κ3) is 4.97. The lowest BCUT2D eigenvalue weighted by Gasteiger charge is -2.38. The van der Waals surface area contributed by atoms with Gasteiger partial charge in [0.25, 0.3) is 5.02 Å². The van der Waals surface area contributed by atoms with Crippen molar-refractivity contribution in [3.05, 3.63) is 28.8 Å². The van der Waals surface area contributed by atoms with Crippen molar-refractivity contribution < 1.29 is 36.8 Å². The molecule has 0 fully saturated rings. The van der Waals surface area contributed by atoms with E-state index in [1.54, 1.807) is 27.7 Å². The molecule has 32 heavy (non-hydrogen) atoms. The highest BCUT2D eigenvalue weighted by Gasteiger charge is 2.68. The summed E-state index contributed by atoms with van der Waals surface area (Å²) in [5.74, 6) is -0.301. The summed E-state index contributed by atoms with van der Waals surface area (Å²) in [6.45, 7) is 6.44. The van der Waals surface area contributed by atoms with Crippen LogP contribution < -0.4 is 10.2 Å². The van der Waals surface area contributed by atoms with E-state index in [1.807, 2.05) is 0 Å². The number of rotatable bonds is 13. The van der Waals surface area contributed by atoms with Crippen molar-refractivity contribution in [1.82, 2.24) is 5.43 Å². The first-order chi connectivity index (χ1) is 15.2. The molecular weight excluding hydrogens is 482 g/mol. The average molecular weight is 511 g/mol. The van der Waals surface area contributed by atoms with Gasteiger partial charge in [-0.2, -0.15) is 5.10 Å². The number of hydrazone groups is 1. The summed E-state index contributed by atoms with van der Waals surface area (Å²) >= 11 is 5.99. The molecule has 0 amide bonds. The lowest BCUT2D eigenvalue weighted by atomic mass is 10.0. The Kier molecular flexibility index (Phi) is 9.49. The van der Waals surface area contributed by atoms with E-state index in [0.717, 1.165) is 0 Å². The van der Waals surface area contributed by atoms with Crippen LogP contribution in [0.4, 0.5) is 0 Å². The van der Waals surface area contributed by atoms with E-state index in [-0.39, 0.29) is 49.9 Å². The van der Waals surface area contributed by atoms with Gasteiger partial charge in [-0.3, -0.25) is 19.4 Å². The normalized spacial score (nSPS) is 15.9. The number of nitrogens with one attached hydrogen (secondary N) is 1. The highest BCUT2D eigenvalue weighted by molar-refractivity contribution is 7.74. The smallest absolute Gasteiger partial charge is 0.370 e. The molecule has 1 aliphatic heterocycles. The van der Waals surface area contributed by atoms with Crippen molar-refractivity contribution in [3.8, 4) is 5.75 Å². The molecule has 0 atom stereocenters. The second kappa shape index (κ2) is 11.3. The van der Waals surface area contributed by atoms with Crippen molar-refractivity contribution in [2.45, 2.75) is 39.1 Å². The molecule has 0 aliphatic carbocycles. The molecule has 2 rings (SSSR count). The van der Waals surface area contributed by atoms with Crippen LogP contribution in [0.15, 0.2) is 23.3 Å². The Hall–Kier alpha value is -1.25. The first-order valence-corrected chi connectivity index (χ1v) is 13.6. The summed E-state index contributed by atoms with van der Waals surface area (Å²) in [5, 5.41) is 2.43. The van der Waals surface area contributed by atoms with E-state index in [1.165, 1.54) is 25.3 Å². The second-order valence-electron chi connectivity index (χ2n) is 6.50. The van der Waals surface area contributed by atoms with Crippen LogP contribution in [-0.2, 0) is 27.2 Å². The molecule has 1 aliphatic rings. The maximum Gasteiger partial charge on any atom is 0.370 e. The molecule has 1 aromatic carbocycles. The highest BCUT2D eigenvalue weighted by Crippen LogP contribution is 2.78. The molecule has 1 aromatic rings. The highest BCUT2D eigenvalue weighted by atomic mass is 35.5. The van der Waals surface area contributed by atoms with Gasteiger partial charge in [-0.15, -0.1) is 0 Å². The van der Waals surface area contributed by atoms with E-state index >= 15 is 0 Å². The average Bonchev–Trinajstić information content (AvgIpc) is 3.22. The van der Waals surface area contributed by atoms with Gasteiger partial charge in [0, 0.05) is 11.4 Å². The standard InChI is InChI=1S/C19H29ClN2O8P2/c1-6-27-31(24,28-7-2)19(32(25,29-8-3)30-9-4)13-16(21-22-19)18(23)15-11-10-14(20)12-17(15)26-5/h10-12,22H,6-9,13H2,1-5H3. The predicted octanol–water partition coefficient (Wildman–Crippen LogP) is 5.07. The molecule has 1 heterocycles. The van der Waals surface area contributed by atoms with Crippen molar-refractivity contribution in [2.24, 2.45) is 5.10 Å². The first kappa shape index (κ1) is 27.0. The molecule has 10 nitrogen and oxygen atoms in total. The number of ether oxygens (including phenoxy) is 1. The Morgan fingerprint density at radius 3 is 1.97 bits per heavy atom. The topological polar surface area (TPSA) is 122 Å². The Labute approximate surface area is 193 Å². The van der Waals surface area contributed by atoms with Crippen molar-refractivity contribution >= 4 is 38.3 Å². The number of hydrogen-bond acceptors (Lipinski definition) is 10. The summed E-state index contributed by atoms with van der Waals surface area (Å²) in [6.07, 6.45) is -0.383. The molecule has 0 aromatic heterocycles. The number of carbonyl (C=O) groups is 1. The fourth-order valence-corrected chi connectivity index (χ4v) is 8.71. The fraction of sp³-hybridized carbons (Fsp3) is 0.579. The molecule has 0 saturated carbocycles. The maximum atomic E-state index is 13.9. The zero-order chi connectivity index (χ0) is 24.0. The van der Waals surface area contributed by atoms with Gasteiger partial charge in [0.15, 0.2) is 0 Å². The molecule has 13 heteroatoms. The number of Topliss-reactive ketones (excluding diaryl/α,β-unsaturated/α-hetero) is 1. The monoisotopic (exact) mass is 510 g/mol. The predicted molar refractivity (Wildman–Crippen MR) is 122 cm³/mol. The molecule has 0 spiro atoms. The largest absolute Gasteiger partial charge is 0.496 e. The maximum absolute atomic E-state index is 13.9. The number of carbonyl (C=O) groups excluding carboxylic acids is 1. The van der Waals surface area contributed by atoms with Gasteiger partial charge in [-0.25, -0.2) is 0 Å². The Bertz CT molecular complexity index is 905. The number of nitrogens with zero attached hydrogens (tertiary/aromatic N) is 1. The van der Waals surface area contributed by atoms with Gasteiger partial charge < -0.3 is 22.8 Å². The van der Waals surface area contributed by atoms with Gasteiger partial charge in [-0.1, -0.05) is 11.6 Å². The fourth-order valence-electron chi connectivity index (χ4n) is 3.26. The van der Waals surface area contributed by atoms with Gasteiger partial charge in [0.2, 0.25) is 5.78 Å². The molecule has 0 unspecified atom stereocenters. The van der Waals surface area contributed by atoms with Crippen LogP contribution in [0.1, 0.15) is 44.5 Å². The van der Waals surface area contributed by atoms with Gasteiger partial charge in [0.05, 0.1) is 39.1 Å². The summed E-state index contributed by atoms with van der Waals surface area (Å²) in [6, 6.07) is 4.51. The van der Waals surface area contributed by atoms with Gasteiger partial charge in [0.1, 0.15) is 11.5 Å². The quantitative estimate of drug-likeness (QED) is 0.286. The molecule has 0 saturated heterocycles. The van der Waals surface area contributed by atoms with Crippen molar-refractivity contribution in [1.29, 1.82) is 0 Å². The van der Waals surface area contributed by atoms with Gasteiger partial charge in [-0.05, 0) is 45.9 Å². The van der Waals surface area contributed by atoms with Gasteiger partial charge >= 0.3 is 15.2 Å². The van der Waals surface area contributed by atoms with Crippen molar-refractivity contribution in [3.63, 3.8) is 0 Å². The first-order valence-electron chi connectivity index (χ1n) is 10.2. The molecule has 180 valence electrons. The summed E-state index contributed by atoms with van der Waals surface area (Å²) in [4.78, 5) is 13.3. The van der Waals surface area contributed by atoms with E-state index in [9.17, 15) is 13.9 Å². The van der Waals surface area contributed by atoms with Crippen LogP contribution in [0.2, 0.25) is 5.02 Å². The number of halogens is 1. The van der Waals surface area contributed by atoms with Crippen LogP contribution in [0.25, 0.3) is 0 Å². The lowest BCUT2D eigenvalue weighted by molar-refractivity contribution is 0.106. The van der Waals surface area contributed by atoms with Crippen LogP contribution in [0, 0.1) is 0 Å². The number of hydrogen-bond donors (Lipinski definition) is 1. The van der Waals surface area contributed by atoms with Crippen LogP contribution in [-0.4, -0.2) is 50.1 Å². The zero-order valence-corrected chi connectivity index (χ0v) is 21.3. The van der Waals surface area contributed by atoms with E-state index in [4.69, 9.17) is 34.4 Å². The number of benzene rings is 1. The zero-order valence-electron chi connectivity index (χ0n) is 18.8. The Balaban J connectivity index is 2.59. The van der Waals surface area contributed by atoms with E-state index in [2.05, 4.69) is 10.5 Å². The van der Waals surface area contributed by atoms with E-state index < -0.39 is 26.0 Å². The minimum Gasteiger partial charge on any atom is -0.496 e. The minimum absolute atomic E-state index is 0.00670. The summed E-state index contributed by atoms with van der Waals surface area (Å²) in [7, 11) is -7.03. The third-order valence-corrected chi connectivity index (χ3v) is 11.0. The Morgan fingerprint density at radius 1 is 1.03 bits per heavy atom. The number of methoxy groups -OCH3 is 1. The van der Waals surface area contributed by atoms with Crippen LogP contribution in [0.3, 0.4) is 0 Å². The minimum atomic E-state index is -4.22. The number of ketones is 1. The van der Waals surface area contributed by atoms with Crippen LogP contribution in [0.5, 0.6) is 5.75 Å². The molecular formula is C19H29ClN2O8P2. The van der Waals surface area contributed by atoms with Crippen LogP contribution >= 0.6 is 26.8 Å². The SMILES string of the molecule is CCOP(=O)(OCC)C1(P(=O)(OCC)OCC)CC(C(=O)c2ccc(Cl)cc2OC)=NN1. The van der Waals surface area contributed by atoms with E-state index in [0.29, 0.717) is 5.02 Å². The third-order valence-electron chi connectivity index (χ3n) is 4.56. The second-order valence-corrected chi connectivity index (χ2v) is 11.8. The van der Waals surface area contributed by atoms with Crippen molar-refractivity contribution in [2.75, 3.05) is 33.5 Å². The molecule has 1 N–H and O–H groups in total. The Morgan fingerprint density at radius 2 is 1.53 bits per heavy atom. The summed E-state index contributed by atoms with van der Waals surface area (Å²) < 4.78 is 55.1. The lowest BCUT2D eigenvalue weighted by Crippen LogP contribution is -2.42.